The smallest absolute Gasteiger partial charge is 0.408 e. The summed E-state index contributed by atoms with van der Waals surface area (Å²) in [4.78, 5) is 28.8. The Bertz CT molecular complexity index is 540. The first kappa shape index (κ1) is 18.3. The predicted octanol–water partition coefficient (Wildman–Crippen LogP) is 1.71. The Labute approximate surface area is 143 Å². The molecule has 6 heteroatoms. The van der Waals surface area contributed by atoms with Crippen LogP contribution in [0, 0.1) is 5.92 Å². The molecule has 2 amide bonds. The van der Waals surface area contributed by atoms with Crippen LogP contribution in [0.5, 0.6) is 0 Å². The summed E-state index contributed by atoms with van der Waals surface area (Å²) >= 11 is 0. The number of benzene rings is 1. The molecule has 1 heterocycles. The van der Waals surface area contributed by atoms with Crippen molar-refractivity contribution < 1.29 is 14.3 Å². The number of nitrogens with one attached hydrogen (secondary N) is 1. The molecule has 2 rings (SSSR count). The second-order valence-corrected chi connectivity index (χ2v) is 6.56. The summed E-state index contributed by atoms with van der Waals surface area (Å²) in [6.07, 6.45) is -0.556. The third-order valence-corrected chi connectivity index (χ3v) is 4.23. The van der Waals surface area contributed by atoms with Gasteiger partial charge in [-0.2, -0.15) is 0 Å². The Morgan fingerprint density at radius 1 is 1.12 bits per heavy atom. The molecule has 1 unspecified atom stereocenters. The number of amides is 2. The van der Waals surface area contributed by atoms with Crippen LogP contribution in [0.4, 0.5) is 4.79 Å². The predicted molar refractivity (Wildman–Crippen MR) is 92.5 cm³/mol. The summed E-state index contributed by atoms with van der Waals surface area (Å²) in [6, 6.07) is 8.92. The minimum Gasteiger partial charge on any atom is -0.445 e. The van der Waals surface area contributed by atoms with E-state index in [0.29, 0.717) is 13.1 Å². The van der Waals surface area contributed by atoms with Crippen molar-refractivity contribution in [3.05, 3.63) is 35.9 Å². The van der Waals surface area contributed by atoms with E-state index in [0.717, 1.165) is 18.7 Å². The quantitative estimate of drug-likeness (QED) is 0.891. The topological polar surface area (TPSA) is 61.9 Å². The van der Waals surface area contributed by atoms with Crippen molar-refractivity contribution in [3.63, 3.8) is 0 Å². The van der Waals surface area contributed by atoms with Crippen LogP contribution in [0.15, 0.2) is 30.3 Å². The molecule has 24 heavy (non-hydrogen) atoms. The number of rotatable bonds is 5. The number of likely N-dealkylation sites (N-methyl/N-ethyl adjacent to an activating group) is 1. The summed E-state index contributed by atoms with van der Waals surface area (Å²) in [5.74, 6) is -0.0313. The molecule has 6 nitrogen and oxygen atoms in total. The van der Waals surface area contributed by atoms with Gasteiger partial charge in [0.25, 0.3) is 0 Å². The van der Waals surface area contributed by atoms with Crippen LogP contribution in [0.1, 0.15) is 19.4 Å². The molecule has 1 atom stereocenters. The monoisotopic (exact) mass is 333 g/mol. The highest BCUT2D eigenvalue weighted by Crippen LogP contribution is 2.10. The average molecular weight is 333 g/mol. The molecule has 132 valence electrons. The lowest BCUT2D eigenvalue weighted by Gasteiger charge is -2.35. The molecule has 0 saturated carbocycles. The van der Waals surface area contributed by atoms with E-state index in [9.17, 15) is 9.59 Å². The lowest BCUT2D eigenvalue weighted by Crippen LogP contribution is -2.55. The van der Waals surface area contributed by atoms with Gasteiger partial charge in [-0.1, -0.05) is 44.2 Å². The highest BCUT2D eigenvalue weighted by Gasteiger charge is 2.30. The van der Waals surface area contributed by atoms with Crippen LogP contribution < -0.4 is 5.32 Å². The second kappa shape index (κ2) is 8.68. The van der Waals surface area contributed by atoms with E-state index in [1.807, 2.05) is 56.1 Å². The molecular formula is C18H27N3O3. The number of carbonyl (C=O) groups is 2. The zero-order valence-electron chi connectivity index (χ0n) is 14.7. The van der Waals surface area contributed by atoms with E-state index in [1.165, 1.54) is 0 Å². The minimum atomic E-state index is -0.559. The van der Waals surface area contributed by atoms with Crippen molar-refractivity contribution in [2.45, 2.75) is 26.5 Å². The van der Waals surface area contributed by atoms with Crippen LogP contribution in [-0.2, 0) is 16.1 Å². The van der Waals surface area contributed by atoms with Crippen molar-refractivity contribution in [3.8, 4) is 0 Å². The zero-order chi connectivity index (χ0) is 17.5. The second-order valence-electron chi connectivity index (χ2n) is 6.56. The van der Waals surface area contributed by atoms with Crippen LogP contribution in [0.25, 0.3) is 0 Å². The number of hydrogen-bond donors (Lipinski definition) is 1. The van der Waals surface area contributed by atoms with Gasteiger partial charge in [-0.05, 0) is 18.5 Å². The Kier molecular flexibility index (Phi) is 6.61. The first-order valence-corrected chi connectivity index (χ1v) is 8.42. The third kappa shape index (κ3) is 5.23. The Hall–Kier alpha value is -2.08. The van der Waals surface area contributed by atoms with E-state index in [4.69, 9.17) is 4.74 Å². The van der Waals surface area contributed by atoms with Gasteiger partial charge >= 0.3 is 6.09 Å². The van der Waals surface area contributed by atoms with Crippen LogP contribution in [-0.4, -0.2) is 61.1 Å². The number of nitrogens with zero attached hydrogens (tertiary/aromatic N) is 2. The van der Waals surface area contributed by atoms with Gasteiger partial charge in [0.05, 0.1) is 0 Å². The van der Waals surface area contributed by atoms with Crippen molar-refractivity contribution in [2.75, 3.05) is 33.2 Å². The SMILES string of the molecule is CC(C)C(NC(=O)OCc1ccccc1)C(=O)N1CCN(C)CC1. The maximum atomic E-state index is 12.7. The zero-order valence-corrected chi connectivity index (χ0v) is 14.7. The van der Waals surface area contributed by atoms with E-state index in [2.05, 4.69) is 10.2 Å². The molecule has 0 aromatic heterocycles. The molecular weight excluding hydrogens is 306 g/mol. The fraction of sp³-hybridized carbons (Fsp3) is 0.556. The fourth-order valence-corrected chi connectivity index (χ4v) is 2.63. The van der Waals surface area contributed by atoms with Gasteiger partial charge in [0.1, 0.15) is 12.6 Å². The molecule has 0 spiro atoms. The summed E-state index contributed by atoms with van der Waals surface area (Å²) in [6.45, 7) is 7.15. The maximum absolute atomic E-state index is 12.7. The maximum Gasteiger partial charge on any atom is 0.408 e. The van der Waals surface area contributed by atoms with Gasteiger partial charge in [-0.3, -0.25) is 4.79 Å². The average Bonchev–Trinajstić information content (AvgIpc) is 2.58. The number of alkyl carbamates (subject to hydrolysis) is 1. The van der Waals surface area contributed by atoms with E-state index in [1.54, 1.807) is 0 Å². The summed E-state index contributed by atoms with van der Waals surface area (Å²) in [7, 11) is 2.04. The van der Waals surface area contributed by atoms with Gasteiger partial charge in [0.2, 0.25) is 5.91 Å². The van der Waals surface area contributed by atoms with Gasteiger partial charge in [0, 0.05) is 26.2 Å². The Balaban J connectivity index is 1.88. The van der Waals surface area contributed by atoms with Crippen LogP contribution >= 0.6 is 0 Å². The highest BCUT2D eigenvalue weighted by atomic mass is 16.5. The van der Waals surface area contributed by atoms with Gasteiger partial charge in [-0.15, -0.1) is 0 Å². The first-order chi connectivity index (χ1) is 11.5. The first-order valence-electron chi connectivity index (χ1n) is 8.42. The molecule has 1 aliphatic rings. The molecule has 1 aromatic rings. The van der Waals surface area contributed by atoms with E-state index < -0.39 is 12.1 Å². The molecule has 0 radical (unpaired) electrons. The van der Waals surface area contributed by atoms with E-state index >= 15 is 0 Å². The molecule has 1 aliphatic heterocycles. The molecule has 1 fully saturated rings. The third-order valence-electron chi connectivity index (χ3n) is 4.23. The number of piperazine rings is 1. The van der Waals surface area contributed by atoms with Crippen molar-refractivity contribution in [1.82, 2.24) is 15.1 Å². The van der Waals surface area contributed by atoms with Gasteiger partial charge in [0.15, 0.2) is 0 Å². The van der Waals surface area contributed by atoms with Crippen LogP contribution in [0.3, 0.4) is 0 Å². The fourth-order valence-electron chi connectivity index (χ4n) is 2.63. The van der Waals surface area contributed by atoms with Crippen molar-refractivity contribution >= 4 is 12.0 Å². The Morgan fingerprint density at radius 3 is 2.33 bits per heavy atom. The Morgan fingerprint density at radius 2 is 1.75 bits per heavy atom. The minimum absolute atomic E-state index is 0.00133. The standard InChI is InChI=1S/C18H27N3O3/c1-14(2)16(17(22)21-11-9-20(3)10-12-21)19-18(23)24-13-15-7-5-4-6-8-15/h4-8,14,16H,9-13H2,1-3H3,(H,19,23). The number of carbonyl (C=O) groups excluding carboxylic acids is 2. The van der Waals surface area contributed by atoms with Crippen LogP contribution in [0.2, 0.25) is 0 Å². The molecule has 1 aromatic carbocycles. The molecule has 1 saturated heterocycles. The number of ether oxygens (including phenoxy) is 1. The van der Waals surface area contributed by atoms with Gasteiger partial charge < -0.3 is 19.9 Å². The highest BCUT2D eigenvalue weighted by molar-refractivity contribution is 5.86. The summed E-state index contributed by atoms with van der Waals surface area (Å²) in [5, 5.41) is 2.73. The van der Waals surface area contributed by atoms with E-state index in [-0.39, 0.29) is 18.4 Å². The lowest BCUT2D eigenvalue weighted by molar-refractivity contribution is -0.136. The normalized spacial score (nSPS) is 16.8. The van der Waals surface area contributed by atoms with Crippen molar-refractivity contribution in [2.24, 2.45) is 5.92 Å². The molecule has 0 aliphatic carbocycles. The molecule has 1 N–H and O–H groups in total. The number of hydrogen-bond acceptors (Lipinski definition) is 4. The lowest BCUT2D eigenvalue weighted by atomic mass is 10.0. The largest absolute Gasteiger partial charge is 0.445 e. The molecule has 0 bridgehead atoms. The summed E-state index contributed by atoms with van der Waals surface area (Å²) in [5.41, 5.74) is 0.916. The van der Waals surface area contributed by atoms with Gasteiger partial charge in [-0.25, -0.2) is 4.79 Å². The summed E-state index contributed by atoms with van der Waals surface area (Å²) < 4.78 is 5.23. The van der Waals surface area contributed by atoms with Crippen molar-refractivity contribution in [1.29, 1.82) is 0 Å².